The molecule has 10 heteroatoms. The average molecular weight is 495 g/mol. The van der Waals surface area contributed by atoms with Gasteiger partial charge in [-0.2, -0.15) is 8.42 Å². The summed E-state index contributed by atoms with van der Waals surface area (Å²) in [4.78, 5) is 32.3. The van der Waals surface area contributed by atoms with Crippen molar-refractivity contribution in [3.8, 4) is 11.3 Å². The number of benzene rings is 2. The second-order valence-electron chi connectivity index (χ2n) is 8.26. The highest BCUT2D eigenvalue weighted by Gasteiger charge is 2.34. The monoisotopic (exact) mass is 494 g/mol. The SMILES string of the molecule is CC(=O)c1sc(NC(=O)C2CCN(C3=NS(=O)(=O)c4ccccc43)CC2)nc1-c1ccccc1. The van der Waals surface area contributed by atoms with Crippen LogP contribution < -0.4 is 5.32 Å². The van der Waals surface area contributed by atoms with Crippen molar-refractivity contribution in [1.29, 1.82) is 0 Å². The molecule has 34 heavy (non-hydrogen) atoms. The van der Waals surface area contributed by atoms with Crippen LogP contribution in [0, 0.1) is 5.92 Å². The van der Waals surface area contributed by atoms with Gasteiger partial charge < -0.3 is 10.2 Å². The van der Waals surface area contributed by atoms with E-state index >= 15 is 0 Å². The summed E-state index contributed by atoms with van der Waals surface area (Å²) >= 11 is 1.18. The second kappa shape index (κ2) is 8.77. The Morgan fingerprint density at radius 1 is 1.03 bits per heavy atom. The normalized spacial score (nSPS) is 17.2. The molecule has 0 radical (unpaired) electrons. The Labute approximate surface area is 201 Å². The van der Waals surface area contributed by atoms with Crippen LogP contribution in [0.4, 0.5) is 5.13 Å². The van der Waals surface area contributed by atoms with Crippen LogP contribution in [0.1, 0.15) is 35.0 Å². The van der Waals surface area contributed by atoms with E-state index < -0.39 is 10.0 Å². The highest BCUT2D eigenvalue weighted by atomic mass is 32.2. The zero-order valence-electron chi connectivity index (χ0n) is 18.4. The van der Waals surface area contributed by atoms with E-state index in [1.807, 2.05) is 35.2 Å². The number of hydrogen-bond acceptors (Lipinski definition) is 7. The van der Waals surface area contributed by atoms with Gasteiger partial charge in [0.15, 0.2) is 16.8 Å². The fourth-order valence-electron chi connectivity index (χ4n) is 4.28. The molecule has 2 aliphatic rings. The number of likely N-dealkylation sites (tertiary alicyclic amines) is 1. The lowest BCUT2D eigenvalue weighted by molar-refractivity contribution is -0.120. The molecule has 2 aliphatic heterocycles. The second-order valence-corrected chi connectivity index (χ2v) is 10.8. The van der Waals surface area contributed by atoms with Crippen LogP contribution in [-0.2, 0) is 14.8 Å². The number of ketones is 1. The molecular weight excluding hydrogens is 472 g/mol. The van der Waals surface area contributed by atoms with Gasteiger partial charge in [0.05, 0.1) is 10.6 Å². The maximum atomic E-state index is 12.9. The third kappa shape index (κ3) is 4.14. The van der Waals surface area contributed by atoms with Gasteiger partial charge in [0, 0.05) is 37.1 Å². The molecule has 1 fully saturated rings. The van der Waals surface area contributed by atoms with Crippen molar-refractivity contribution in [2.45, 2.75) is 24.7 Å². The van der Waals surface area contributed by atoms with E-state index in [-0.39, 0.29) is 22.5 Å². The number of carbonyl (C=O) groups is 2. The number of hydrogen-bond donors (Lipinski definition) is 1. The molecule has 3 aromatic rings. The number of amides is 1. The number of aromatic nitrogens is 1. The van der Waals surface area contributed by atoms with Gasteiger partial charge in [-0.1, -0.05) is 53.8 Å². The van der Waals surface area contributed by atoms with E-state index in [2.05, 4.69) is 14.7 Å². The minimum absolute atomic E-state index is 0.0993. The molecule has 1 amide bonds. The Hall–Kier alpha value is -3.37. The first kappa shape index (κ1) is 22.4. The van der Waals surface area contributed by atoms with Crippen molar-refractivity contribution in [2.24, 2.45) is 10.3 Å². The minimum Gasteiger partial charge on any atom is -0.355 e. The number of sulfonamides is 1. The number of amidine groups is 1. The van der Waals surface area contributed by atoms with Crippen molar-refractivity contribution in [3.63, 3.8) is 0 Å². The number of piperidine rings is 1. The first-order chi connectivity index (χ1) is 16.3. The Kier molecular flexibility index (Phi) is 5.78. The third-order valence-electron chi connectivity index (χ3n) is 6.00. The van der Waals surface area contributed by atoms with Crippen LogP contribution in [-0.4, -0.2) is 48.9 Å². The molecule has 1 aromatic heterocycles. The highest BCUT2D eigenvalue weighted by Crippen LogP contribution is 2.33. The van der Waals surface area contributed by atoms with Gasteiger partial charge in [0.1, 0.15) is 4.90 Å². The largest absolute Gasteiger partial charge is 0.355 e. The Balaban J connectivity index is 1.27. The fraction of sp³-hybridized carbons (Fsp3) is 0.250. The van der Waals surface area contributed by atoms with E-state index in [9.17, 15) is 18.0 Å². The summed E-state index contributed by atoms with van der Waals surface area (Å²) in [6.45, 7) is 2.53. The summed E-state index contributed by atoms with van der Waals surface area (Å²) in [6, 6.07) is 16.2. The molecule has 1 saturated heterocycles. The smallest absolute Gasteiger partial charge is 0.285 e. The molecule has 3 heterocycles. The number of thiazole rings is 1. The zero-order valence-corrected chi connectivity index (χ0v) is 20.0. The molecule has 0 bridgehead atoms. The summed E-state index contributed by atoms with van der Waals surface area (Å²) in [6.07, 6.45) is 1.12. The summed E-state index contributed by atoms with van der Waals surface area (Å²) in [5, 5.41) is 3.28. The molecule has 0 spiro atoms. The summed E-state index contributed by atoms with van der Waals surface area (Å²) in [5.41, 5.74) is 2.01. The minimum atomic E-state index is -3.67. The Bertz CT molecular complexity index is 1410. The van der Waals surface area contributed by atoms with Crippen LogP contribution in [0.15, 0.2) is 63.9 Å². The lowest BCUT2D eigenvalue weighted by Gasteiger charge is -2.32. The van der Waals surface area contributed by atoms with Crippen LogP contribution in [0.5, 0.6) is 0 Å². The molecule has 2 aromatic carbocycles. The van der Waals surface area contributed by atoms with E-state index in [0.717, 1.165) is 5.56 Å². The first-order valence-corrected chi connectivity index (χ1v) is 13.2. The molecule has 0 atom stereocenters. The number of fused-ring (bicyclic) bond motifs is 1. The van der Waals surface area contributed by atoms with Gasteiger partial charge in [0.2, 0.25) is 5.91 Å². The van der Waals surface area contributed by atoms with Gasteiger partial charge in [-0.3, -0.25) is 9.59 Å². The number of anilines is 1. The number of carbonyl (C=O) groups excluding carboxylic acids is 2. The Morgan fingerprint density at radius 2 is 1.71 bits per heavy atom. The van der Waals surface area contributed by atoms with Crippen molar-refractivity contribution in [3.05, 3.63) is 65.0 Å². The summed E-state index contributed by atoms with van der Waals surface area (Å²) < 4.78 is 28.7. The standard InChI is InChI=1S/C24H22N4O4S2/c1-15(29)21-20(16-7-3-2-4-8-16)25-24(33-21)26-23(30)17-11-13-28(14-12-17)22-18-9-5-6-10-19(18)34(31,32)27-22/h2-10,17H,11-14H2,1H3,(H,25,26,30). The van der Waals surface area contributed by atoms with E-state index in [4.69, 9.17) is 0 Å². The van der Waals surface area contributed by atoms with Gasteiger partial charge in [0.25, 0.3) is 10.0 Å². The molecule has 0 aliphatic carbocycles. The fourth-order valence-corrected chi connectivity index (χ4v) is 6.39. The lowest BCUT2D eigenvalue weighted by Crippen LogP contribution is -2.41. The number of rotatable bonds is 4. The molecule has 8 nitrogen and oxygen atoms in total. The molecule has 1 N–H and O–H groups in total. The molecule has 0 unspecified atom stereocenters. The summed E-state index contributed by atoms with van der Waals surface area (Å²) in [5.74, 6) is -0.0369. The van der Waals surface area contributed by atoms with E-state index in [0.29, 0.717) is 53.0 Å². The van der Waals surface area contributed by atoms with Crippen molar-refractivity contribution < 1.29 is 18.0 Å². The quantitative estimate of drug-likeness (QED) is 0.553. The van der Waals surface area contributed by atoms with Crippen molar-refractivity contribution >= 4 is 44.0 Å². The predicted molar refractivity (Wildman–Crippen MR) is 131 cm³/mol. The topological polar surface area (TPSA) is 109 Å². The lowest BCUT2D eigenvalue weighted by atomic mass is 9.95. The number of Topliss-reactive ketones (excluding diaryl/α,β-unsaturated/α-hetero) is 1. The zero-order chi connectivity index (χ0) is 23.9. The van der Waals surface area contributed by atoms with Crippen LogP contribution >= 0.6 is 11.3 Å². The van der Waals surface area contributed by atoms with Gasteiger partial charge in [-0.05, 0) is 25.0 Å². The van der Waals surface area contributed by atoms with Crippen LogP contribution in [0.3, 0.4) is 0 Å². The van der Waals surface area contributed by atoms with Crippen LogP contribution in [0.2, 0.25) is 0 Å². The molecular formula is C24H22N4O4S2. The third-order valence-corrected chi connectivity index (χ3v) is 8.40. The van der Waals surface area contributed by atoms with Gasteiger partial charge >= 0.3 is 0 Å². The molecule has 174 valence electrons. The summed E-state index contributed by atoms with van der Waals surface area (Å²) in [7, 11) is -3.67. The highest BCUT2D eigenvalue weighted by molar-refractivity contribution is 7.90. The van der Waals surface area contributed by atoms with Gasteiger partial charge in [-0.25, -0.2) is 4.98 Å². The van der Waals surface area contributed by atoms with Gasteiger partial charge in [-0.15, -0.1) is 4.40 Å². The molecule has 5 rings (SSSR count). The van der Waals surface area contributed by atoms with E-state index in [1.165, 1.54) is 18.3 Å². The van der Waals surface area contributed by atoms with Crippen LogP contribution in [0.25, 0.3) is 11.3 Å². The Morgan fingerprint density at radius 3 is 2.41 bits per heavy atom. The van der Waals surface area contributed by atoms with Crippen molar-refractivity contribution in [1.82, 2.24) is 9.88 Å². The maximum absolute atomic E-state index is 12.9. The van der Waals surface area contributed by atoms with Crippen molar-refractivity contribution in [2.75, 3.05) is 18.4 Å². The van der Waals surface area contributed by atoms with E-state index in [1.54, 1.807) is 24.3 Å². The number of nitrogens with zero attached hydrogens (tertiary/aromatic N) is 3. The average Bonchev–Trinajstić information content (AvgIpc) is 3.39. The number of nitrogens with one attached hydrogen (secondary N) is 1. The first-order valence-electron chi connectivity index (χ1n) is 10.9. The maximum Gasteiger partial charge on any atom is 0.285 e. The molecule has 0 saturated carbocycles. The predicted octanol–water partition coefficient (Wildman–Crippen LogP) is 3.81.